The number of carbonyl (C=O) groups is 2. The number of anilines is 1. The molecular weight excluding hydrogens is 328 g/mol. The summed E-state index contributed by atoms with van der Waals surface area (Å²) < 4.78 is 5.43. The lowest BCUT2D eigenvalue weighted by Crippen LogP contribution is -2.46. The third-order valence-electron chi connectivity index (χ3n) is 5.70. The van der Waals surface area contributed by atoms with Crippen LogP contribution in [0.5, 0.6) is 0 Å². The molecule has 5 heteroatoms. The standard InChI is InChI=1S/C21H30N2O3/c1-4-16-8-6-7-15(3)20(16)23-14-17(13-19(23)24)21(25)22(5-2)18-9-11-26-12-10-18/h6-8,17-18H,4-5,9-14H2,1-3H3/t17-/m0/s1. The second-order valence-electron chi connectivity index (χ2n) is 7.31. The monoisotopic (exact) mass is 358 g/mol. The van der Waals surface area contributed by atoms with E-state index in [1.54, 1.807) is 0 Å². The van der Waals surface area contributed by atoms with Gasteiger partial charge in [-0.1, -0.05) is 25.1 Å². The number of nitrogens with zero attached hydrogens (tertiary/aromatic N) is 2. The van der Waals surface area contributed by atoms with Crippen LogP contribution in [0.25, 0.3) is 0 Å². The predicted molar refractivity (Wildman–Crippen MR) is 102 cm³/mol. The number of para-hydroxylation sites is 1. The lowest BCUT2D eigenvalue weighted by Gasteiger charge is -2.35. The number of benzene rings is 1. The van der Waals surface area contributed by atoms with E-state index >= 15 is 0 Å². The van der Waals surface area contributed by atoms with E-state index in [1.807, 2.05) is 35.8 Å². The number of rotatable bonds is 5. The molecule has 0 radical (unpaired) electrons. The molecule has 2 amide bonds. The van der Waals surface area contributed by atoms with Gasteiger partial charge in [0.1, 0.15) is 0 Å². The van der Waals surface area contributed by atoms with Crippen molar-refractivity contribution in [1.29, 1.82) is 0 Å². The fourth-order valence-corrected chi connectivity index (χ4v) is 4.31. The van der Waals surface area contributed by atoms with Crippen molar-refractivity contribution < 1.29 is 14.3 Å². The molecule has 5 nitrogen and oxygen atoms in total. The van der Waals surface area contributed by atoms with Crippen LogP contribution in [0.15, 0.2) is 18.2 Å². The van der Waals surface area contributed by atoms with E-state index < -0.39 is 0 Å². The van der Waals surface area contributed by atoms with E-state index in [2.05, 4.69) is 13.0 Å². The van der Waals surface area contributed by atoms with E-state index in [4.69, 9.17) is 4.74 Å². The van der Waals surface area contributed by atoms with Crippen LogP contribution in [0.2, 0.25) is 0 Å². The smallest absolute Gasteiger partial charge is 0.228 e. The van der Waals surface area contributed by atoms with Crippen molar-refractivity contribution in [2.45, 2.75) is 52.5 Å². The molecule has 1 atom stereocenters. The Kier molecular flexibility index (Phi) is 5.97. The highest BCUT2D eigenvalue weighted by molar-refractivity contribution is 6.01. The average molecular weight is 358 g/mol. The number of ether oxygens (including phenoxy) is 1. The summed E-state index contributed by atoms with van der Waals surface area (Å²) in [5.41, 5.74) is 3.27. The third kappa shape index (κ3) is 3.63. The molecule has 2 aliphatic rings. The molecule has 142 valence electrons. The first-order chi connectivity index (χ1) is 12.6. The van der Waals surface area contributed by atoms with Crippen LogP contribution in [0.4, 0.5) is 5.69 Å². The van der Waals surface area contributed by atoms with Crippen molar-refractivity contribution in [2.75, 3.05) is 31.2 Å². The van der Waals surface area contributed by atoms with Gasteiger partial charge in [-0.25, -0.2) is 0 Å². The van der Waals surface area contributed by atoms with Crippen LogP contribution >= 0.6 is 0 Å². The first kappa shape index (κ1) is 18.9. The SMILES string of the molecule is CCc1cccc(C)c1N1C[C@@H](C(=O)N(CC)C2CCOCC2)CC1=O. The van der Waals surface area contributed by atoms with Crippen LogP contribution in [0.1, 0.15) is 44.2 Å². The number of carbonyl (C=O) groups excluding carboxylic acids is 2. The summed E-state index contributed by atoms with van der Waals surface area (Å²) in [5.74, 6) is -0.0492. The molecule has 26 heavy (non-hydrogen) atoms. The zero-order valence-electron chi connectivity index (χ0n) is 16.2. The van der Waals surface area contributed by atoms with E-state index in [1.165, 1.54) is 5.56 Å². The van der Waals surface area contributed by atoms with Crippen LogP contribution in [0.3, 0.4) is 0 Å². The molecule has 2 saturated heterocycles. The van der Waals surface area contributed by atoms with E-state index in [-0.39, 0.29) is 23.8 Å². The molecule has 0 aliphatic carbocycles. The van der Waals surface area contributed by atoms with Gasteiger partial charge in [0.05, 0.1) is 5.92 Å². The Bertz CT molecular complexity index is 667. The lowest BCUT2D eigenvalue weighted by molar-refractivity contribution is -0.139. The van der Waals surface area contributed by atoms with Gasteiger partial charge >= 0.3 is 0 Å². The van der Waals surface area contributed by atoms with E-state index in [0.29, 0.717) is 32.7 Å². The van der Waals surface area contributed by atoms with Gasteiger partial charge in [-0.3, -0.25) is 9.59 Å². The van der Waals surface area contributed by atoms with Gasteiger partial charge in [-0.2, -0.15) is 0 Å². The van der Waals surface area contributed by atoms with Crippen LogP contribution < -0.4 is 4.90 Å². The zero-order valence-corrected chi connectivity index (χ0v) is 16.2. The molecule has 2 heterocycles. The highest BCUT2D eigenvalue weighted by atomic mass is 16.5. The Balaban J connectivity index is 1.78. The number of aryl methyl sites for hydroxylation is 2. The van der Waals surface area contributed by atoms with Crippen molar-refractivity contribution in [1.82, 2.24) is 4.90 Å². The summed E-state index contributed by atoms with van der Waals surface area (Å²) in [7, 11) is 0. The highest BCUT2D eigenvalue weighted by Gasteiger charge is 2.39. The largest absolute Gasteiger partial charge is 0.381 e. The Labute approximate surface area is 156 Å². The topological polar surface area (TPSA) is 49.9 Å². The molecule has 1 aromatic carbocycles. The molecule has 0 N–H and O–H groups in total. The van der Waals surface area contributed by atoms with Crippen LogP contribution in [-0.2, 0) is 20.7 Å². The fraction of sp³-hybridized carbons (Fsp3) is 0.619. The predicted octanol–water partition coefficient (Wildman–Crippen LogP) is 2.94. The summed E-state index contributed by atoms with van der Waals surface area (Å²) >= 11 is 0. The van der Waals surface area contributed by atoms with Crippen molar-refractivity contribution in [3.8, 4) is 0 Å². The maximum Gasteiger partial charge on any atom is 0.228 e. The van der Waals surface area contributed by atoms with E-state index in [9.17, 15) is 9.59 Å². The summed E-state index contributed by atoms with van der Waals surface area (Å²) in [6.07, 6.45) is 2.97. The van der Waals surface area contributed by atoms with Gasteiger partial charge in [-0.15, -0.1) is 0 Å². The van der Waals surface area contributed by atoms with Gasteiger partial charge in [0.25, 0.3) is 0 Å². The quantitative estimate of drug-likeness (QED) is 0.813. The highest BCUT2D eigenvalue weighted by Crippen LogP contribution is 2.32. The molecule has 0 aromatic heterocycles. The van der Waals surface area contributed by atoms with Crippen molar-refractivity contribution in [3.63, 3.8) is 0 Å². The number of amides is 2. The minimum atomic E-state index is -0.241. The molecule has 0 bridgehead atoms. The van der Waals surface area contributed by atoms with Gasteiger partial charge in [0, 0.05) is 44.5 Å². The van der Waals surface area contributed by atoms with Gasteiger partial charge in [0.2, 0.25) is 11.8 Å². The molecule has 0 saturated carbocycles. The fourth-order valence-electron chi connectivity index (χ4n) is 4.31. The maximum atomic E-state index is 13.1. The molecule has 2 aliphatic heterocycles. The first-order valence-electron chi connectivity index (χ1n) is 9.83. The van der Waals surface area contributed by atoms with Gasteiger partial charge < -0.3 is 14.5 Å². The Morgan fingerprint density at radius 2 is 2.00 bits per heavy atom. The second kappa shape index (κ2) is 8.21. The summed E-state index contributed by atoms with van der Waals surface area (Å²) in [5, 5.41) is 0. The van der Waals surface area contributed by atoms with Crippen LogP contribution in [-0.4, -0.2) is 49.1 Å². The molecule has 3 rings (SSSR count). The Morgan fingerprint density at radius 3 is 2.65 bits per heavy atom. The number of hydrogen-bond donors (Lipinski definition) is 0. The van der Waals surface area contributed by atoms with Crippen molar-refractivity contribution in [3.05, 3.63) is 29.3 Å². The van der Waals surface area contributed by atoms with Crippen molar-refractivity contribution >= 4 is 17.5 Å². The van der Waals surface area contributed by atoms with Gasteiger partial charge in [0.15, 0.2) is 0 Å². The number of hydrogen-bond acceptors (Lipinski definition) is 3. The average Bonchev–Trinajstić information content (AvgIpc) is 3.04. The molecule has 0 unspecified atom stereocenters. The molecule has 1 aromatic rings. The zero-order chi connectivity index (χ0) is 18.7. The molecular formula is C21H30N2O3. The molecule has 2 fully saturated rings. The summed E-state index contributed by atoms with van der Waals surface area (Å²) in [4.78, 5) is 29.7. The van der Waals surface area contributed by atoms with Gasteiger partial charge in [-0.05, 0) is 44.2 Å². The maximum absolute atomic E-state index is 13.1. The first-order valence-corrected chi connectivity index (χ1v) is 9.83. The normalized spacial score (nSPS) is 21.3. The Hall–Kier alpha value is -1.88. The molecule has 0 spiro atoms. The van der Waals surface area contributed by atoms with Crippen LogP contribution in [0, 0.1) is 12.8 Å². The van der Waals surface area contributed by atoms with E-state index in [0.717, 1.165) is 30.5 Å². The van der Waals surface area contributed by atoms with Crippen molar-refractivity contribution in [2.24, 2.45) is 5.92 Å². The Morgan fingerprint density at radius 1 is 1.27 bits per heavy atom. The second-order valence-corrected chi connectivity index (χ2v) is 7.31. The minimum absolute atomic E-state index is 0.0652. The summed E-state index contributed by atoms with van der Waals surface area (Å²) in [6, 6.07) is 6.39. The summed E-state index contributed by atoms with van der Waals surface area (Å²) in [6.45, 7) is 8.79. The minimum Gasteiger partial charge on any atom is -0.381 e. The third-order valence-corrected chi connectivity index (χ3v) is 5.70. The lowest BCUT2D eigenvalue weighted by atomic mass is 10.0.